The Hall–Kier alpha value is -2.84. The molecule has 140 valence electrons. The first kappa shape index (κ1) is 16.3. The lowest BCUT2D eigenvalue weighted by Gasteiger charge is -2.32. The topological polar surface area (TPSA) is 80.8 Å². The number of aliphatic imine (C=N–C) groups is 1. The zero-order chi connectivity index (χ0) is 18.2. The number of nitrogens with one attached hydrogen (secondary N) is 3. The highest BCUT2D eigenvalue weighted by Crippen LogP contribution is 2.38. The van der Waals surface area contributed by atoms with E-state index in [1.807, 2.05) is 29.8 Å². The van der Waals surface area contributed by atoms with E-state index >= 15 is 0 Å². The van der Waals surface area contributed by atoms with Crippen molar-refractivity contribution in [3.63, 3.8) is 0 Å². The number of methoxy groups -OCH3 is 1. The molecule has 0 radical (unpaired) electrons. The molecule has 0 spiro atoms. The van der Waals surface area contributed by atoms with Gasteiger partial charge in [-0.15, -0.1) is 5.53 Å². The molecule has 5 rings (SSSR count). The maximum absolute atomic E-state index is 5.13. The summed E-state index contributed by atoms with van der Waals surface area (Å²) in [6.07, 6.45) is 7.92. The molecular formula is C19H23N7O. The summed E-state index contributed by atoms with van der Waals surface area (Å²) in [7, 11) is 1.64. The van der Waals surface area contributed by atoms with Crippen LogP contribution < -0.4 is 15.7 Å². The predicted molar refractivity (Wildman–Crippen MR) is 103 cm³/mol. The quantitative estimate of drug-likeness (QED) is 0.769. The van der Waals surface area contributed by atoms with E-state index in [4.69, 9.17) is 4.74 Å². The molecule has 1 saturated heterocycles. The van der Waals surface area contributed by atoms with E-state index in [1.54, 1.807) is 7.11 Å². The molecule has 5 heterocycles. The largest absolute Gasteiger partial charge is 0.481 e. The van der Waals surface area contributed by atoms with Crippen LogP contribution >= 0.6 is 0 Å². The van der Waals surface area contributed by atoms with Crippen molar-refractivity contribution in [2.75, 3.05) is 20.2 Å². The minimum absolute atomic E-state index is 0.511. The van der Waals surface area contributed by atoms with Gasteiger partial charge in [-0.2, -0.15) is 0 Å². The molecule has 2 aromatic rings. The number of hydrazine groups is 2. The van der Waals surface area contributed by atoms with Crippen LogP contribution in [0.25, 0.3) is 5.70 Å². The number of H-pyrrole nitrogens is 1. The van der Waals surface area contributed by atoms with Crippen LogP contribution in [-0.4, -0.2) is 46.4 Å². The van der Waals surface area contributed by atoms with E-state index in [-0.39, 0.29) is 0 Å². The molecular weight excluding hydrogens is 342 g/mol. The third-order valence-corrected chi connectivity index (χ3v) is 5.50. The van der Waals surface area contributed by atoms with Crippen LogP contribution in [0, 0.1) is 5.92 Å². The highest BCUT2D eigenvalue weighted by Gasteiger charge is 2.33. The van der Waals surface area contributed by atoms with Gasteiger partial charge >= 0.3 is 0 Å². The van der Waals surface area contributed by atoms with E-state index in [0.717, 1.165) is 43.9 Å². The fourth-order valence-electron chi connectivity index (χ4n) is 4.06. The Balaban J connectivity index is 1.27. The number of ether oxygens (including phenoxy) is 1. The lowest BCUT2D eigenvalue weighted by Crippen LogP contribution is -2.39. The van der Waals surface area contributed by atoms with E-state index in [9.17, 15) is 0 Å². The summed E-state index contributed by atoms with van der Waals surface area (Å²) in [5.41, 5.74) is 11.4. The lowest BCUT2D eigenvalue weighted by atomic mass is 9.91. The van der Waals surface area contributed by atoms with E-state index in [1.165, 1.54) is 17.0 Å². The van der Waals surface area contributed by atoms with Gasteiger partial charge in [0.25, 0.3) is 0 Å². The lowest BCUT2D eigenvalue weighted by molar-refractivity contribution is 0.187. The van der Waals surface area contributed by atoms with Crippen LogP contribution in [0.5, 0.6) is 5.88 Å². The first-order valence-electron chi connectivity index (χ1n) is 9.30. The van der Waals surface area contributed by atoms with Crippen molar-refractivity contribution in [1.82, 2.24) is 30.8 Å². The average Bonchev–Trinajstić information content (AvgIpc) is 3.35. The number of pyridine rings is 1. The Morgan fingerprint density at radius 2 is 2.11 bits per heavy atom. The van der Waals surface area contributed by atoms with Crippen LogP contribution in [0.1, 0.15) is 24.0 Å². The number of likely N-dealkylation sites (tertiary alicyclic amines) is 1. The van der Waals surface area contributed by atoms with Gasteiger partial charge in [0.05, 0.1) is 18.5 Å². The normalized spacial score (nSPS) is 19.8. The second kappa shape index (κ2) is 6.71. The number of allylic oxidation sites excluding steroid dienone is 1. The Morgan fingerprint density at radius 1 is 1.22 bits per heavy atom. The molecule has 0 saturated carbocycles. The van der Waals surface area contributed by atoms with Crippen molar-refractivity contribution in [1.29, 1.82) is 0 Å². The number of nitrogens with zero attached hydrogens (tertiary/aromatic N) is 4. The second-order valence-electron chi connectivity index (χ2n) is 7.11. The molecule has 3 N–H and O–H groups in total. The Kier molecular flexibility index (Phi) is 4.06. The minimum atomic E-state index is 0.511. The number of aromatic amines is 1. The molecule has 0 atom stereocenters. The van der Waals surface area contributed by atoms with Gasteiger partial charge in [0.1, 0.15) is 12.2 Å². The van der Waals surface area contributed by atoms with Gasteiger partial charge in [0.15, 0.2) is 0 Å². The van der Waals surface area contributed by atoms with Gasteiger partial charge < -0.3 is 15.1 Å². The summed E-state index contributed by atoms with van der Waals surface area (Å²) >= 11 is 0. The molecule has 0 amide bonds. The number of hydrogen-bond donors (Lipinski definition) is 3. The van der Waals surface area contributed by atoms with E-state index in [2.05, 4.69) is 43.0 Å². The van der Waals surface area contributed by atoms with Gasteiger partial charge in [0.2, 0.25) is 5.88 Å². The van der Waals surface area contributed by atoms with Crippen molar-refractivity contribution in [2.45, 2.75) is 19.4 Å². The number of fused-ring (bicyclic) bond motifs is 3. The minimum Gasteiger partial charge on any atom is -0.481 e. The summed E-state index contributed by atoms with van der Waals surface area (Å²) in [6.45, 7) is 3.08. The van der Waals surface area contributed by atoms with Gasteiger partial charge in [-0.05, 0) is 37.6 Å². The molecule has 8 nitrogen and oxygen atoms in total. The zero-order valence-corrected chi connectivity index (χ0v) is 15.3. The van der Waals surface area contributed by atoms with Crippen molar-refractivity contribution in [3.8, 4) is 5.88 Å². The number of piperidine rings is 1. The van der Waals surface area contributed by atoms with Crippen molar-refractivity contribution >= 4 is 17.9 Å². The SMILES string of the molecule is COc1ccc(CN2CCC(C3=C4c5cc[nH]c5N=CN4NN3)CC2)cn1. The molecule has 1 fully saturated rings. The molecule has 0 aromatic carbocycles. The van der Waals surface area contributed by atoms with Crippen molar-refractivity contribution in [2.24, 2.45) is 10.9 Å². The summed E-state index contributed by atoms with van der Waals surface area (Å²) in [6, 6.07) is 6.11. The predicted octanol–water partition coefficient (Wildman–Crippen LogP) is 2.00. The fourth-order valence-corrected chi connectivity index (χ4v) is 4.06. The molecule has 0 bridgehead atoms. The molecule has 0 aliphatic carbocycles. The summed E-state index contributed by atoms with van der Waals surface area (Å²) in [5.74, 6) is 2.10. The van der Waals surface area contributed by atoms with E-state index in [0.29, 0.717) is 11.8 Å². The summed E-state index contributed by atoms with van der Waals surface area (Å²) in [5, 5.41) is 1.97. The Morgan fingerprint density at radius 3 is 2.89 bits per heavy atom. The fraction of sp³-hybridized carbons (Fsp3) is 0.368. The van der Waals surface area contributed by atoms with Crippen LogP contribution in [0.4, 0.5) is 5.82 Å². The third-order valence-electron chi connectivity index (χ3n) is 5.50. The van der Waals surface area contributed by atoms with E-state index < -0.39 is 0 Å². The van der Waals surface area contributed by atoms with Crippen LogP contribution in [-0.2, 0) is 6.54 Å². The number of rotatable bonds is 4. The molecule has 27 heavy (non-hydrogen) atoms. The highest BCUT2D eigenvalue weighted by molar-refractivity contribution is 5.87. The summed E-state index contributed by atoms with van der Waals surface area (Å²) < 4.78 is 5.13. The van der Waals surface area contributed by atoms with Gasteiger partial charge in [-0.1, -0.05) is 6.07 Å². The smallest absolute Gasteiger partial charge is 0.212 e. The molecule has 0 unspecified atom stereocenters. The molecule has 2 aromatic heterocycles. The van der Waals surface area contributed by atoms with Crippen LogP contribution in [0.15, 0.2) is 41.3 Å². The maximum atomic E-state index is 5.13. The number of aromatic nitrogens is 2. The zero-order valence-electron chi connectivity index (χ0n) is 15.3. The summed E-state index contributed by atoms with van der Waals surface area (Å²) in [4.78, 5) is 14.4. The Bertz CT molecular complexity index is 878. The monoisotopic (exact) mass is 365 g/mol. The molecule has 3 aliphatic rings. The highest BCUT2D eigenvalue weighted by atomic mass is 16.5. The number of hydrogen-bond acceptors (Lipinski definition) is 7. The van der Waals surface area contributed by atoms with Crippen LogP contribution in [0.3, 0.4) is 0 Å². The average molecular weight is 365 g/mol. The first-order chi connectivity index (χ1) is 13.3. The van der Waals surface area contributed by atoms with Crippen molar-refractivity contribution < 1.29 is 4.74 Å². The molecule has 3 aliphatic heterocycles. The maximum Gasteiger partial charge on any atom is 0.212 e. The second-order valence-corrected chi connectivity index (χ2v) is 7.11. The van der Waals surface area contributed by atoms with Gasteiger partial charge in [0, 0.05) is 36.5 Å². The third kappa shape index (κ3) is 2.96. The van der Waals surface area contributed by atoms with Crippen molar-refractivity contribution in [3.05, 3.63) is 47.4 Å². The Labute approximate surface area is 157 Å². The van der Waals surface area contributed by atoms with Gasteiger partial charge in [-0.25, -0.2) is 15.0 Å². The standard InChI is InChI=1S/C19H23N7O/c1-27-16-3-2-13(10-21-16)11-25-8-5-14(6-9-25)17-18-15-4-7-20-19(15)22-12-26(18)24-23-17/h2-4,7,10,12,14,20,23-24H,5-6,8-9,11H2,1H3. The molecule has 8 heteroatoms. The van der Waals surface area contributed by atoms with Gasteiger partial charge in [-0.3, -0.25) is 4.90 Å². The van der Waals surface area contributed by atoms with Crippen LogP contribution in [0.2, 0.25) is 0 Å². The first-order valence-corrected chi connectivity index (χ1v) is 9.30.